The van der Waals surface area contributed by atoms with Gasteiger partial charge in [0.1, 0.15) is 5.75 Å². The zero-order chi connectivity index (χ0) is 15.6. The fourth-order valence-electron chi connectivity index (χ4n) is 1.81. The molecule has 0 radical (unpaired) electrons. The summed E-state index contributed by atoms with van der Waals surface area (Å²) in [5.41, 5.74) is 0.734. The molecular formula is C16H19N3O3. The van der Waals surface area contributed by atoms with Crippen LogP contribution in [0, 0.1) is 0 Å². The zero-order valence-corrected chi connectivity index (χ0v) is 12.5. The van der Waals surface area contributed by atoms with Crippen molar-refractivity contribution >= 4 is 11.6 Å². The van der Waals surface area contributed by atoms with Crippen molar-refractivity contribution in [2.45, 2.75) is 19.3 Å². The molecule has 0 spiro atoms. The number of methoxy groups -OCH3 is 1. The second-order valence-corrected chi connectivity index (χ2v) is 4.66. The van der Waals surface area contributed by atoms with Crippen LogP contribution in [0.25, 0.3) is 0 Å². The van der Waals surface area contributed by atoms with Gasteiger partial charge in [0, 0.05) is 38.2 Å². The summed E-state index contributed by atoms with van der Waals surface area (Å²) in [4.78, 5) is 19.7. The maximum atomic E-state index is 11.7. The third-order valence-corrected chi connectivity index (χ3v) is 2.89. The second-order valence-electron chi connectivity index (χ2n) is 4.66. The number of aromatic nitrogens is 2. The maximum absolute atomic E-state index is 11.7. The molecule has 116 valence electrons. The fraction of sp³-hybridized carbons (Fsp3) is 0.312. The molecule has 0 saturated heterocycles. The first-order valence-electron chi connectivity index (χ1n) is 7.11. The van der Waals surface area contributed by atoms with Gasteiger partial charge < -0.3 is 14.8 Å². The Labute approximate surface area is 129 Å². The van der Waals surface area contributed by atoms with E-state index in [9.17, 15) is 4.79 Å². The molecule has 1 amide bonds. The Bertz CT molecular complexity index is 573. The Hall–Kier alpha value is -2.47. The Kier molecular flexibility index (Phi) is 6.32. The Morgan fingerprint density at radius 3 is 2.55 bits per heavy atom. The van der Waals surface area contributed by atoms with Crippen molar-refractivity contribution in [1.82, 2.24) is 9.97 Å². The van der Waals surface area contributed by atoms with E-state index < -0.39 is 0 Å². The highest BCUT2D eigenvalue weighted by Gasteiger charge is 2.03. The molecule has 0 unspecified atom stereocenters. The van der Waals surface area contributed by atoms with Crippen LogP contribution < -0.4 is 10.1 Å². The smallest absolute Gasteiger partial charge is 0.321 e. The van der Waals surface area contributed by atoms with E-state index in [4.69, 9.17) is 9.47 Å². The number of rotatable bonds is 8. The summed E-state index contributed by atoms with van der Waals surface area (Å²) >= 11 is 0. The molecule has 0 aliphatic rings. The lowest BCUT2D eigenvalue weighted by molar-refractivity contribution is -0.116. The fourth-order valence-corrected chi connectivity index (χ4v) is 1.81. The predicted octanol–water partition coefficient (Wildman–Crippen LogP) is 3.02. The summed E-state index contributed by atoms with van der Waals surface area (Å²) < 4.78 is 10.4. The molecule has 0 atom stereocenters. The lowest BCUT2D eigenvalue weighted by atomic mass is 10.2. The summed E-state index contributed by atoms with van der Waals surface area (Å²) in [6.45, 7) is 0.681. The SMILES string of the molecule is COCCCCC(=O)Nc1ccc(Oc2ncccn2)cc1. The number of hydrogen-bond acceptors (Lipinski definition) is 5. The largest absolute Gasteiger partial charge is 0.424 e. The molecule has 1 aromatic heterocycles. The van der Waals surface area contributed by atoms with Crippen molar-refractivity contribution in [3.05, 3.63) is 42.7 Å². The highest BCUT2D eigenvalue weighted by molar-refractivity contribution is 5.90. The quantitative estimate of drug-likeness (QED) is 0.759. The summed E-state index contributed by atoms with van der Waals surface area (Å²) in [7, 11) is 1.66. The number of carbonyl (C=O) groups excluding carboxylic acids is 1. The van der Waals surface area contributed by atoms with Crippen LogP contribution >= 0.6 is 0 Å². The van der Waals surface area contributed by atoms with Crippen molar-refractivity contribution in [2.24, 2.45) is 0 Å². The highest BCUT2D eigenvalue weighted by atomic mass is 16.5. The van der Waals surface area contributed by atoms with Gasteiger partial charge in [0.25, 0.3) is 0 Å². The van der Waals surface area contributed by atoms with Crippen LogP contribution in [-0.4, -0.2) is 29.6 Å². The van der Waals surface area contributed by atoms with Gasteiger partial charge in [-0.25, -0.2) is 9.97 Å². The van der Waals surface area contributed by atoms with Gasteiger partial charge in [-0.2, -0.15) is 0 Å². The van der Waals surface area contributed by atoms with Crippen molar-refractivity contribution in [1.29, 1.82) is 0 Å². The van der Waals surface area contributed by atoms with E-state index in [0.717, 1.165) is 18.5 Å². The van der Waals surface area contributed by atoms with Gasteiger partial charge in [-0.15, -0.1) is 0 Å². The van der Waals surface area contributed by atoms with Crippen LogP contribution in [0.2, 0.25) is 0 Å². The minimum Gasteiger partial charge on any atom is -0.424 e. The molecule has 0 aliphatic heterocycles. The second kappa shape index (κ2) is 8.74. The molecule has 0 saturated carbocycles. The number of ether oxygens (including phenoxy) is 2. The van der Waals surface area contributed by atoms with E-state index in [1.807, 2.05) is 0 Å². The number of amides is 1. The molecule has 6 heteroatoms. The Morgan fingerprint density at radius 2 is 1.86 bits per heavy atom. The van der Waals surface area contributed by atoms with Gasteiger partial charge in [0.2, 0.25) is 5.91 Å². The number of carbonyl (C=O) groups is 1. The van der Waals surface area contributed by atoms with Crippen molar-refractivity contribution in [3.8, 4) is 11.8 Å². The average molecular weight is 301 g/mol. The Balaban J connectivity index is 1.80. The molecule has 1 aromatic carbocycles. The van der Waals surface area contributed by atoms with Crippen LogP contribution in [0.1, 0.15) is 19.3 Å². The number of hydrogen-bond donors (Lipinski definition) is 1. The molecule has 0 aliphatic carbocycles. The van der Waals surface area contributed by atoms with Gasteiger partial charge in [0.15, 0.2) is 0 Å². The van der Waals surface area contributed by atoms with E-state index in [-0.39, 0.29) is 11.9 Å². The lowest BCUT2D eigenvalue weighted by Crippen LogP contribution is -2.11. The molecule has 2 rings (SSSR count). The van der Waals surface area contributed by atoms with Crippen molar-refractivity contribution < 1.29 is 14.3 Å². The molecule has 1 heterocycles. The molecule has 22 heavy (non-hydrogen) atoms. The summed E-state index contributed by atoms with van der Waals surface area (Å²) in [6.07, 6.45) is 5.40. The van der Waals surface area contributed by atoms with Gasteiger partial charge in [0.05, 0.1) is 0 Å². The normalized spacial score (nSPS) is 10.2. The van der Waals surface area contributed by atoms with Crippen LogP contribution in [0.3, 0.4) is 0 Å². The number of nitrogens with one attached hydrogen (secondary N) is 1. The first-order chi connectivity index (χ1) is 10.8. The predicted molar refractivity (Wildman–Crippen MR) is 82.9 cm³/mol. The standard InChI is InChI=1S/C16H19N3O3/c1-21-12-3-2-5-15(20)19-13-6-8-14(9-7-13)22-16-17-10-4-11-18-16/h4,6-11H,2-3,5,12H2,1H3,(H,19,20). The van der Waals surface area contributed by atoms with E-state index in [1.165, 1.54) is 0 Å². The minimum atomic E-state index is -0.00355. The van der Waals surface area contributed by atoms with Crippen LogP contribution in [0.4, 0.5) is 5.69 Å². The third kappa shape index (κ3) is 5.49. The van der Waals surface area contributed by atoms with Gasteiger partial charge in [-0.1, -0.05) is 0 Å². The molecular weight excluding hydrogens is 282 g/mol. The maximum Gasteiger partial charge on any atom is 0.321 e. The van der Waals surface area contributed by atoms with Crippen LogP contribution in [0.15, 0.2) is 42.7 Å². The summed E-state index contributed by atoms with van der Waals surface area (Å²) in [5, 5.41) is 2.84. The first-order valence-corrected chi connectivity index (χ1v) is 7.11. The molecule has 1 N–H and O–H groups in total. The van der Waals surface area contributed by atoms with Gasteiger partial charge >= 0.3 is 6.01 Å². The summed E-state index contributed by atoms with van der Waals surface area (Å²) in [6, 6.07) is 9.10. The average Bonchev–Trinajstić information content (AvgIpc) is 2.54. The van der Waals surface area contributed by atoms with E-state index in [2.05, 4.69) is 15.3 Å². The third-order valence-electron chi connectivity index (χ3n) is 2.89. The molecule has 2 aromatic rings. The van der Waals surface area contributed by atoms with Crippen LogP contribution in [0.5, 0.6) is 11.8 Å². The molecule has 6 nitrogen and oxygen atoms in total. The van der Waals surface area contributed by atoms with Crippen LogP contribution in [-0.2, 0) is 9.53 Å². The van der Waals surface area contributed by atoms with E-state index >= 15 is 0 Å². The van der Waals surface area contributed by atoms with Gasteiger partial charge in [-0.3, -0.25) is 4.79 Å². The summed E-state index contributed by atoms with van der Waals surface area (Å²) in [5.74, 6) is 0.612. The first kappa shape index (κ1) is 15.9. The topological polar surface area (TPSA) is 73.3 Å². The van der Waals surface area contributed by atoms with E-state index in [0.29, 0.717) is 18.8 Å². The zero-order valence-electron chi connectivity index (χ0n) is 12.5. The Morgan fingerprint density at radius 1 is 1.14 bits per heavy atom. The van der Waals surface area contributed by atoms with Crippen molar-refractivity contribution in [2.75, 3.05) is 19.0 Å². The number of nitrogens with zero attached hydrogens (tertiary/aromatic N) is 2. The van der Waals surface area contributed by atoms with E-state index in [1.54, 1.807) is 49.8 Å². The molecule has 0 bridgehead atoms. The van der Waals surface area contributed by atoms with Gasteiger partial charge in [-0.05, 0) is 43.2 Å². The monoisotopic (exact) mass is 301 g/mol. The molecule has 0 fully saturated rings. The highest BCUT2D eigenvalue weighted by Crippen LogP contribution is 2.20. The number of unbranched alkanes of at least 4 members (excludes halogenated alkanes) is 1. The minimum absolute atomic E-state index is 0.00355. The number of benzene rings is 1. The number of anilines is 1. The van der Waals surface area contributed by atoms with Crippen molar-refractivity contribution in [3.63, 3.8) is 0 Å². The lowest BCUT2D eigenvalue weighted by Gasteiger charge is -2.07.